The zero-order chi connectivity index (χ0) is 8.85. The second kappa shape index (κ2) is 4.94. The summed E-state index contributed by atoms with van der Waals surface area (Å²) in [7, 11) is 0. The van der Waals surface area contributed by atoms with Crippen LogP contribution in [-0.4, -0.2) is 6.72 Å². The van der Waals surface area contributed by atoms with Crippen LogP contribution in [-0.2, 0) is 0 Å². The molecule has 0 aliphatic rings. The van der Waals surface area contributed by atoms with E-state index in [1.807, 2.05) is 0 Å². The van der Waals surface area contributed by atoms with Gasteiger partial charge in [0.15, 0.2) is 0 Å². The van der Waals surface area contributed by atoms with E-state index in [1.165, 1.54) is 11.3 Å². The molecule has 1 N–H and O–H groups in total. The smallest absolute Gasteiger partial charge is 0.0324 e. The van der Waals surface area contributed by atoms with Crippen LogP contribution < -0.4 is 5.43 Å². The molecule has 0 spiro atoms. The van der Waals surface area contributed by atoms with Crippen molar-refractivity contribution >= 4 is 6.72 Å². The first-order valence-electron chi connectivity index (χ1n) is 3.96. The first-order valence-corrected chi connectivity index (χ1v) is 3.96. The van der Waals surface area contributed by atoms with Crippen molar-refractivity contribution in [1.29, 1.82) is 0 Å². The zero-order valence-corrected chi connectivity index (χ0v) is 7.94. The normalized spacial score (nSPS) is 9.55. The highest BCUT2D eigenvalue weighted by Gasteiger charge is 2.00. The summed E-state index contributed by atoms with van der Waals surface area (Å²) in [5.74, 6) is 0.661. The minimum atomic E-state index is 0.661. The van der Waals surface area contributed by atoms with Gasteiger partial charge in [-0.25, -0.2) is 0 Å². The Morgan fingerprint density at radius 3 is 2.27 bits per heavy atom. The summed E-state index contributed by atoms with van der Waals surface area (Å²) >= 11 is 0. The molecule has 0 rings (SSSR count). The summed E-state index contributed by atoms with van der Waals surface area (Å²) in [6, 6.07) is 0. The first kappa shape index (κ1) is 10.2. The fourth-order valence-electron chi connectivity index (χ4n) is 0.865. The number of hydrogen-bond acceptors (Lipinski definition) is 2. The fraction of sp³-hybridized carbons (Fsp3) is 0.667. The molecule has 0 atom stereocenters. The molecule has 0 saturated carbocycles. The Balaban J connectivity index is 4.12. The molecule has 0 unspecified atom stereocenters. The van der Waals surface area contributed by atoms with Gasteiger partial charge in [0.2, 0.25) is 0 Å². The molecule has 0 fully saturated rings. The lowest BCUT2D eigenvalue weighted by Gasteiger charge is -2.10. The Bertz CT molecular complexity index is 153. The largest absolute Gasteiger partial charge is 0.283 e. The molecule has 0 saturated heterocycles. The predicted octanol–water partition coefficient (Wildman–Crippen LogP) is 2.53. The van der Waals surface area contributed by atoms with E-state index in [1.54, 1.807) is 0 Å². The third-order valence-corrected chi connectivity index (χ3v) is 1.43. The van der Waals surface area contributed by atoms with Crippen LogP contribution in [0.25, 0.3) is 0 Å². The number of rotatable bonds is 4. The summed E-state index contributed by atoms with van der Waals surface area (Å²) in [6.45, 7) is 11.9. The molecule has 0 aliphatic heterocycles. The monoisotopic (exact) mass is 154 g/mol. The highest BCUT2D eigenvalue weighted by atomic mass is 15.3. The van der Waals surface area contributed by atoms with Crippen molar-refractivity contribution in [2.24, 2.45) is 11.0 Å². The van der Waals surface area contributed by atoms with Gasteiger partial charge in [-0.15, -0.1) is 0 Å². The number of allylic oxidation sites excluding steroid dienone is 2. The van der Waals surface area contributed by atoms with Gasteiger partial charge in [0.1, 0.15) is 0 Å². The van der Waals surface area contributed by atoms with Crippen LogP contribution in [0.5, 0.6) is 0 Å². The van der Waals surface area contributed by atoms with Crippen molar-refractivity contribution in [3.05, 3.63) is 11.3 Å². The molecule has 0 aromatic carbocycles. The van der Waals surface area contributed by atoms with Crippen LogP contribution in [0.3, 0.4) is 0 Å². The minimum Gasteiger partial charge on any atom is -0.283 e. The molecule has 0 bridgehead atoms. The van der Waals surface area contributed by atoms with Crippen LogP contribution in [0.15, 0.2) is 16.4 Å². The average Bonchev–Trinajstić information content (AvgIpc) is 1.86. The maximum Gasteiger partial charge on any atom is 0.0324 e. The Morgan fingerprint density at radius 2 is 2.00 bits per heavy atom. The van der Waals surface area contributed by atoms with Crippen molar-refractivity contribution in [2.45, 2.75) is 34.1 Å². The van der Waals surface area contributed by atoms with Crippen LogP contribution in [0.2, 0.25) is 0 Å². The van der Waals surface area contributed by atoms with E-state index in [0.717, 1.165) is 6.42 Å². The molecular formula is C9H18N2. The Kier molecular flexibility index (Phi) is 4.59. The Morgan fingerprint density at radius 1 is 1.45 bits per heavy atom. The molecule has 0 aromatic heterocycles. The van der Waals surface area contributed by atoms with Gasteiger partial charge >= 0.3 is 0 Å². The Hall–Kier alpha value is -0.790. The van der Waals surface area contributed by atoms with Crippen LogP contribution in [0, 0.1) is 5.92 Å². The molecular weight excluding hydrogens is 136 g/mol. The highest BCUT2D eigenvalue weighted by molar-refractivity contribution is 5.23. The lowest BCUT2D eigenvalue weighted by molar-refractivity contribution is 0.604. The van der Waals surface area contributed by atoms with Gasteiger partial charge < -0.3 is 0 Å². The van der Waals surface area contributed by atoms with Gasteiger partial charge in [-0.1, -0.05) is 19.4 Å². The third kappa shape index (κ3) is 4.59. The lowest BCUT2D eigenvalue weighted by atomic mass is 10.1. The van der Waals surface area contributed by atoms with E-state index in [9.17, 15) is 0 Å². The van der Waals surface area contributed by atoms with Crippen LogP contribution >= 0.6 is 0 Å². The first-order chi connectivity index (χ1) is 5.07. The van der Waals surface area contributed by atoms with Crippen molar-refractivity contribution in [3.8, 4) is 0 Å². The van der Waals surface area contributed by atoms with Gasteiger partial charge in [0.05, 0.1) is 0 Å². The summed E-state index contributed by atoms with van der Waals surface area (Å²) in [5, 5.41) is 3.65. The topological polar surface area (TPSA) is 24.4 Å². The standard InChI is InChI=1S/C9H18N2/c1-7(2)6-9(8(3)4)11-10-5/h7,11H,5-6H2,1-4H3. The number of hydrazone groups is 1. The highest BCUT2D eigenvalue weighted by Crippen LogP contribution is 2.11. The lowest BCUT2D eigenvalue weighted by Crippen LogP contribution is -2.08. The van der Waals surface area contributed by atoms with Crippen molar-refractivity contribution < 1.29 is 0 Å². The van der Waals surface area contributed by atoms with E-state index in [-0.39, 0.29) is 0 Å². The van der Waals surface area contributed by atoms with Gasteiger partial charge in [-0.3, -0.25) is 5.43 Å². The molecule has 2 nitrogen and oxygen atoms in total. The fourth-order valence-corrected chi connectivity index (χ4v) is 0.865. The summed E-state index contributed by atoms with van der Waals surface area (Å²) in [4.78, 5) is 0. The van der Waals surface area contributed by atoms with Crippen LogP contribution in [0.1, 0.15) is 34.1 Å². The minimum absolute atomic E-state index is 0.661. The number of hydrogen-bond donors (Lipinski definition) is 1. The molecule has 11 heavy (non-hydrogen) atoms. The maximum absolute atomic E-state index is 3.65. The second-order valence-corrected chi connectivity index (χ2v) is 3.35. The molecule has 0 heterocycles. The maximum atomic E-state index is 3.65. The summed E-state index contributed by atoms with van der Waals surface area (Å²) in [6.07, 6.45) is 1.04. The molecule has 0 amide bonds. The average molecular weight is 154 g/mol. The van der Waals surface area contributed by atoms with Crippen molar-refractivity contribution in [1.82, 2.24) is 5.43 Å². The van der Waals surface area contributed by atoms with Gasteiger partial charge in [0, 0.05) is 12.4 Å². The van der Waals surface area contributed by atoms with Gasteiger partial charge in [-0.05, 0) is 26.2 Å². The third-order valence-electron chi connectivity index (χ3n) is 1.43. The van der Waals surface area contributed by atoms with Crippen molar-refractivity contribution in [2.75, 3.05) is 0 Å². The zero-order valence-electron chi connectivity index (χ0n) is 7.94. The molecule has 2 heteroatoms. The van der Waals surface area contributed by atoms with Gasteiger partial charge in [-0.2, -0.15) is 5.10 Å². The summed E-state index contributed by atoms with van der Waals surface area (Å²) in [5.41, 5.74) is 5.38. The predicted molar refractivity (Wildman–Crippen MR) is 50.5 cm³/mol. The van der Waals surface area contributed by atoms with E-state index in [4.69, 9.17) is 0 Å². The van der Waals surface area contributed by atoms with E-state index >= 15 is 0 Å². The second-order valence-electron chi connectivity index (χ2n) is 3.35. The molecule has 64 valence electrons. The molecule has 0 aromatic rings. The number of nitrogens with zero attached hydrogens (tertiary/aromatic N) is 1. The summed E-state index contributed by atoms with van der Waals surface area (Å²) < 4.78 is 0. The molecule has 0 aliphatic carbocycles. The van der Waals surface area contributed by atoms with E-state index in [2.05, 4.69) is 44.9 Å². The quantitative estimate of drug-likeness (QED) is 0.488. The van der Waals surface area contributed by atoms with Crippen molar-refractivity contribution in [3.63, 3.8) is 0 Å². The van der Waals surface area contributed by atoms with E-state index < -0.39 is 0 Å². The van der Waals surface area contributed by atoms with Crippen LogP contribution in [0.4, 0.5) is 0 Å². The molecule has 0 radical (unpaired) electrons. The van der Waals surface area contributed by atoms with Gasteiger partial charge in [0.25, 0.3) is 0 Å². The Labute approximate surface area is 69.4 Å². The van der Waals surface area contributed by atoms with E-state index in [0.29, 0.717) is 5.92 Å². The number of nitrogens with one attached hydrogen (secondary N) is 1. The SMILES string of the molecule is C=NNC(CC(C)C)=C(C)C.